The molecule has 0 radical (unpaired) electrons. The van der Waals surface area contributed by atoms with Gasteiger partial charge in [-0.1, -0.05) is 36.4 Å². The Labute approximate surface area is 155 Å². The Balaban J connectivity index is 1.47. The lowest BCUT2D eigenvalue weighted by molar-refractivity contribution is 0.0616. The van der Waals surface area contributed by atoms with Crippen molar-refractivity contribution in [3.05, 3.63) is 65.7 Å². The third-order valence-electron chi connectivity index (χ3n) is 4.63. The van der Waals surface area contributed by atoms with Crippen LogP contribution in [0.1, 0.15) is 15.9 Å². The highest BCUT2D eigenvalue weighted by Gasteiger charge is 2.23. The summed E-state index contributed by atoms with van der Waals surface area (Å²) in [7, 11) is 1.65. The fourth-order valence-corrected chi connectivity index (χ4v) is 3.16. The minimum absolute atomic E-state index is 0.0952. The Hall–Kier alpha value is -2.37. The lowest BCUT2D eigenvalue weighted by Crippen LogP contribution is -2.49. The second kappa shape index (κ2) is 9.36. The molecule has 5 heteroatoms. The summed E-state index contributed by atoms with van der Waals surface area (Å²) >= 11 is 0. The maximum atomic E-state index is 12.8. The number of hydrogen-bond acceptors (Lipinski definition) is 4. The molecule has 1 aliphatic rings. The Kier molecular flexibility index (Phi) is 6.63. The van der Waals surface area contributed by atoms with E-state index in [0.29, 0.717) is 13.2 Å². The molecule has 0 unspecified atom stereocenters. The van der Waals surface area contributed by atoms with Gasteiger partial charge >= 0.3 is 0 Å². The van der Waals surface area contributed by atoms with Gasteiger partial charge in [-0.05, 0) is 23.8 Å². The molecule has 1 amide bonds. The van der Waals surface area contributed by atoms with Crippen molar-refractivity contribution in [3.8, 4) is 5.75 Å². The Morgan fingerprint density at radius 1 is 0.962 bits per heavy atom. The van der Waals surface area contributed by atoms with Gasteiger partial charge in [0.2, 0.25) is 0 Å². The molecule has 138 valence electrons. The molecule has 3 rings (SSSR count). The van der Waals surface area contributed by atoms with Crippen molar-refractivity contribution in [1.29, 1.82) is 0 Å². The lowest BCUT2D eigenvalue weighted by Gasteiger charge is -2.35. The first-order valence-corrected chi connectivity index (χ1v) is 9.04. The highest BCUT2D eigenvalue weighted by Crippen LogP contribution is 2.15. The maximum Gasteiger partial charge on any atom is 0.254 e. The van der Waals surface area contributed by atoms with Crippen molar-refractivity contribution in [2.75, 3.05) is 46.4 Å². The van der Waals surface area contributed by atoms with Gasteiger partial charge in [0.15, 0.2) is 0 Å². The zero-order chi connectivity index (χ0) is 18.2. The molecule has 0 aromatic heterocycles. The summed E-state index contributed by atoms with van der Waals surface area (Å²) in [5.41, 5.74) is 1.69. The zero-order valence-corrected chi connectivity index (χ0v) is 15.3. The van der Waals surface area contributed by atoms with Crippen molar-refractivity contribution in [2.24, 2.45) is 0 Å². The number of benzene rings is 2. The molecule has 0 spiro atoms. The molecule has 1 aliphatic heterocycles. The Bertz CT molecular complexity index is 697. The molecule has 1 fully saturated rings. The quantitative estimate of drug-likeness (QED) is 0.767. The molecule has 0 atom stereocenters. The number of amides is 1. The van der Waals surface area contributed by atoms with Crippen LogP contribution in [0.2, 0.25) is 0 Å². The number of ether oxygens (including phenoxy) is 2. The average Bonchev–Trinajstić information content (AvgIpc) is 2.70. The molecule has 0 saturated carbocycles. The van der Waals surface area contributed by atoms with Gasteiger partial charge in [-0.25, -0.2) is 0 Å². The Morgan fingerprint density at radius 2 is 1.65 bits per heavy atom. The van der Waals surface area contributed by atoms with Crippen LogP contribution in [0, 0.1) is 0 Å². The third kappa shape index (κ3) is 4.84. The molecule has 26 heavy (non-hydrogen) atoms. The summed E-state index contributed by atoms with van der Waals surface area (Å²) in [6.45, 7) is 5.22. The average molecular weight is 354 g/mol. The van der Waals surface area contributed by atoms with Crippen LogP contribution in [0.4, 0.5) is 0 Å². The van der Waals surface area contributed by atoms with E-state index in [1.54, 1.807) is 7.11 Å². The summed E-state index contributed by atoms with van der Waals surface area (Å²) in [5, 5.41) is 0. The van der Waals surface area contributed by atoms with E-state index in [9.17, 15) is 4.79 Å². The summed E-state index contributed by atoms with van der Waals surface area (Å²) < 4.78 is 11.0. The molecular formula is C21H26N2O3. The number of rotatable bonds is 7. The largest absolute Gasteiger partial charge is 0.492 e. The highest BCUT2D eigenvalue weighted by molar-refractivity contribution is 5.95. The molecule has 2 aromatic rings. The number of methoxy groups -OCH3 is 1. The SMILES string of the molecule is COCc1ccccc1C(=O)N1CCN(CCOc2ccccc2)CC1. The maximum absolute atomic E-state index is 12.8. The topological polar surface area (TPSA) is 42.0 Å². The van der Waals surface area contributed by atoms with Crippen molar-refractivity contribution >= 4 is 5.91 Å². The first-order chi connectivity index (χ1) is 12.8. The normalized spacial score (nSPS) is 15.0. The van der Waals surface area contributed by atoms with E-state index in [4.69, 9.17) is 9.47 Å². The minimum atomic E-state index is 0.0952. The number of hydrogen-bond donors (Lipinski definition) is 0. The van der Waals surface area contributed by atoms with Gasteiger partial charge in [-0.3, -0.25) is 9.69 Å². The van der Waals surface area contributed by atoms with E-state index >= 15 is 0 Å². The van der Waals surface area contributed by atoms with E-state index < -0.39 is 0 Å². The second-order valence-corrected chi connectivity index (χ2v) is 6.39. The van der Waals surface area contributed by atoms with Gasteiger partial charge in [-0.2, -0.15) is 0 Å². The van der Waals surface area contributed by atoms with E-state index in [1.807, 2.05) is 59.5 Å². The predicted octanol–water partition coefficient (Wildman–Crippen LogP) is 2.67. The van der Waals surface area contributed by atoms with Crippen LogP contribution in [0.25, 0.3) is 0 Å². The zero-order valence-electron chi connectivity index (χ0n) is 15.3. The number of carbonyl (C=O) groups excluding carboxylic acids is 1. The summed E-state index contributed by atoms with van der Waals surface area (Å²) in [6.07, 6.45) is 0. The van der Waals surface area contributed by atoms with Crippen LogP contribution in [-0.2, 0) is 11.3 Å². The first kappa shape index (κ1) is 18.4. The van der Waals surface area contributed by atoms with Crippen LogP contribution in [0.5, 0.6) is 5.75 Å². The standard InChI is InChI=1S/C21H26N2O3/c1-25-17-18-7-5-6-10-20(18)21(24)23-13-11-22(12-14-23)15-16-26-19-8-3-2-4-9-19/h2-10H,11-17H2,1H3. The molecule has 2 aromatic carbocycles. The Morgan fingerprint density at radius 3 is 2.38 bits per heavy atom. The van der Waals surface area contributed by atoms with Gasteiger partial charge < -0.3 is 14.4 Å². The van der Waals surface area contributed by atoms with Crippen LogP contribution in [-0.4, -0.2) is 62.1 Å². The van der Waals surface area contributed by atoms with Gasteiger partial charge in [0, 0.05) is 45.4 Å². The molecule has 0 bridgehead atoms. The molecule has 1 heterocycles. The summed E-state index contributed by atoms with van der Waals surface area (Å²) in [5.74, 6) is 0.994. The molecular weight excluding hydrogens is 328 g/mol. The second-order valence-electron chi connectivity index (χ2n) is 6.39. The monoisotopic (exact) mass is 354 g/mol. The smallest absolute Gasteiger partial charge is 0.254 e. The number of nitrogens with zero attached hydrogens (tertiary/aromatic N) is 2. The molecule has 0 N–H and O–H groups in total. The van der Waals surface area contributed by atoms with E-state index in [2.05, 4.69) is 4.90 Å². The van der Waals surface area contributed by atoms with Crippen LogP contribution in [0.15, 0.2) is 54.6 Å². The number of para-hydroxylation sites is 1. The van der Waals surface area contributed by atoms with Gasteiger partial charge in [0.25, 0.3) is 5.91 Å². The van der Waals surface area contributed by atoms with Crippen LogP contribution in [0.3, 0.4) is 0 Å². The van der Waals surface area contributed by atoms with E-state index in [1.165, 1.54) is 0 Å². The lowest BCUT2D eigenvalue weighted by atomic mass is 10.1. The molecule has 0 aliphatic carbocycles. The van der Waals surface area contributed by atoms with Gasteiger partial charge in [-0.15, -0.1) is 0 Å². The molecule has 1 saturated heterocycles. The van der Waals surface area contributed by atoms with Crippen molar-refractivity contribution in [2.45, 2.75) is 6.61 Å². The number of piperazine rings is 1. The fraction of sp³-hybridized carbons (Fsp3) is 0.381. The van der Waals surface area contributed by atoms with Gasteiger partial charge in [0.05, 0.1) is 6.61 Å². The fourth-order valence-electron chi connectivity index (χ4n) is 3.16. The number of carbonyl (C=O) groups is 1. The van der Waals surface area contributed by atoms with Gasteiger partial charge in [0.1, 0.15) is 12.4 Å². The highest BCUT2D eigenvalue weighted by atomic mass is 16.5. The van der Waals surface area contributed by atoms with E-state index in [-0.39, 0.29) is 5.91 Å². The summed E-state index contributed by atoms with van der Waals surface area (Å²) in [4.78, 5) is 17.1. The van der Waals surface area contributed by atoms with Crippen molar-refractivity contribution in [1.82, 2.24) is 9.80 Å². The first-order valence-electron chi connectivity index (χ1n) is 9.04. The minimum Gasteiger partial charge on any atom is -0.492 e. The van der Waals surface area contributed by atoms with Crippen molar-refractivity contribution in [3.63, 3.8) is 0 Å². The van der Waals surface area contributed by atoms with Crippen LogP contribution < -0.4 is 4.74 Å². The predicted molar refractivity (Wildman–Crippen MR) is 101 cm³/mol. The molecule has 5 nitrogen and oxygen atoms in total. The summed E-state index contributed by atoms with van der Waals surface area (Å²) in [6, 6.07) is 17.5. The van der Waals surface area contributed by atoms with Crippen LogP contribution >= 0.6 is 0 Å². The van der Waals surface area contributed by atoms with Crippen molar-refractivity contribution < 1.29 is 14.3 Å². The van der Waals surface area contributed by atoms with E-state index in [0.717, 1.165) is 49.6 Å². The third-order valence-corrected chi connectivity index (χ3v) is 4.63.